The third-order valence-corrected chi connectivity index (χ3v) is 8.57. The minimum absolute atomic E-state index is 0.131. The van der Waals surface area contributed by atoms with E-state index < -0.39 is 0 Å². The molecule has 190 valence electrons. The molecule has 2 aliphatic rings. The van der Waals surface area contributed by atoms with Crippen LogP contribution >= 0.6 is 0 Å². The second-order valence-corrected chi connectivity index (χ2v) is 11.3. The number of rotatable bonds is 10. The van der Waals surface area contributed by atoms with Crippen molar-refractivity contribution < 1.29 is 9.90 Å². The van der Waals surface area contributed by atoms with Gasteiger partial charge in [-0.25, -0.2) is 0 Å². The van der Waals surface area contributed by atoms with Crippen molar-refractivity contribution in [2.45, 2.75) is 126 Å². The molecule has 3 atom stereocenters. The second kappa shape index (κ2) is 14.3. The monoisotopic (exact) mass is 458 g/mol. The number of aliphatic hydroxyl groups is 1. The van der Waals surface area contributed by atoms with Crippen molar-refractivity contribution in [3.05, 3.63) is 34.9 Å². The molecule has 0 saturated heterocycles. The molecule has 2 saturated carbocycles. The SMILES string of the molecule is C/C(=C\CC/C(C)=C/CC/C(C)=C/CCC1CCCC2C(C)(C)C(=O)CCC12C)CO.CC. The van der Waals surface area contributed by atoms with Gasteiger partial charge in [-0.3, -0.25) is 4.79 Å². The van der Waals surface area contributed by atoms with E-state index in [4.69, 9.17) is 5.11 Å². The van der Waals surface area contributed by atoms with Gasteiger partial charge in [-0.2, -0.15) is 0 Å². The largest absolute Gasteiger partial charge is 0.392 e. The fourth-order valence-electron chi connectivity index (χ4n) is 6.34. The Bertz CT molecular complexity index is 694. The van der Waals surface area contributed by atoms with E-state index in [0.29, 0.717) is 17.1 Å². The van der Waals surface area contributed by atoms with E-state index >= 15 is 0 Å². The Kier molecular flexibility index (Phi) is 12.9. The van der Waals surface area contributed by atoms with Gasteiger partial charge in [0, 0.05) is 11.8 Å². The molecule has 0 aromatic carbocycles. The van der Waals surface area contributed by atoms with Crippen molar-refractivity contribution in [3.8, 4) is 0 Å². The molecule has 0 amide bonds. The van der Waals surface area contributed by atoms with E-state index in [-0.39, 0.29) is 12.0 Å². The molecule has 3 unspecified atom stereocenters. The molecule has 2 rings (SSSR count). The molecular weight excluding hydrogens is 404 g/mol. The van der Waals surface area contributed by atoms with Crippen LogP contribution in [0.4, 0.5) is 0 Å². The molecule has 2 heteroatoms. The van der Waals surface area contributed by atoms with Gasteiger partial charge in [-0.1, -0.05) is 76.0 Å². The van der Waals surface area contributed by atoms with Crippen molar-refractivity contribution in [3.63, 3.8) is 0 Å². The van der Waals surface area contributed by atoms with Gasteiger partial charge in [0.1, 0.15) is 5.78 Å². The van der Waals surface area contributed by atoms with Crippen molar-refractivity contribution in [2.75, 3.05) is 6.61 Å². The Balaban J connectivity index is 0.00000265. The Hall–Kier alpha value is -1.15. The summed E-state index contributed by atoms with van der Waals surface area (Å²) in [7, 11) is 0. The lowest BCUT2D eigenvalue weighted by Crippen LogP contribution is -2.52. The average Bonchev–Trinajstić information content (AvgIpc) is 2.78. The third kappa shape index (κ3) is 8.53. The number of carbonyl (C=O) groups excluding carboxylic acids is 1. The molecule has 33 heavy (non-hydrogen) atoms. The Morgan fingerprint density at radius 2 is 1.45 bits per heavy atom. The summed E-state index contributed by atoms with van der Waals surface area (Å²) in [5.74, 6) is 1.82. The van der Waals surface area contributed by atoms with E-state index in [1.165, 1.54) is 43.3 Å². The minimum Gasteiger partial charge on any atom is -0.392 e. The van der Waals surface area contributed by atoms with Crippen LogP contribution < -0.4 is 0 Å². The number of fused-ring (bicyclic) bond motifs is 1. The minimum atomic E-state index is -0.131. The molecule has 0 radical (unpaired) electrons. The fraction of sp³-hybridized carbons (Fsp3) is 0.774. The van der Waals surface area contributed by atoms with Gasteiger partial charge in [0.25, 0.3) is 0 Å². The van der Waals surface area contributed by atoms with Gasteiger partial charge in [0.15, 0.2) is 0 Å². The number of hydrogen-bond donors (Lipinski definition) is 1. The van der Waals surface area contributed by atoms with Gasteiger partial charge in [-0.05, 0) is 95.8 Å². The van der Waals surface area contributed by atoms with Crippen LogP contribution in [0.25, 0.3) is 0 Å². The summed E-state index contributed by atoms with van der Waals surface area (Å²) < 4.78 is 0. The van der Waals surface area contributed by atoms with E-state index in [9.17, 15) is 4.79 Å². The summed E-state index contributed by atoms with van der Waals surface area (Å²) in [4.78, 5) is 12.5. The van der Waals surface area contributed by atoms with Crippen molar-refractivity contribution in [1.29, 1.82) is 0 Å². The van der Waals surface area contributed by atoms with Crippen LogP contribution in [-0.4, -0.2) is 17.5 Å². The van der Waals surface area contributed by atoms with Crippen LogP contribution in [0, 0.1) is 22.7 Å². The highest BCUT2D eigenvalue weighted by atomic mass is 16.3. The highest BCUT2D eigenvalue weighted by Gasteiger charge is 2.54. The zero-order valence-electron chi connectivity index (χ0n) is 23.2. The first kappa shape index (κ1) is 29.9. The van der Waals surface area contributed by atoms with Crippen molar-refractivity contribution >= 4 is 5.78 Å². The first-order valence-corrected chi connectivity index (χ1v) is 13.7. The van der Waals surface area contributed by atoms with Gasteiger partial charge in [0.2, 0.25) is 0 Å². The highest BCUT2D eigenvalue weighted by Crippen LogP contribution is 2.59. The van der Waals surface area contributed by atoms with Crippen LogP contribution in [-0.2, 0) is 4.79 Å². The standard InChI is InChI=1S/C29H48O2.C2H6/c1-22(13-8-15-24(3)21-30)11-7-12-23(2)14-9-16-25-17-10-18-26-28(4,5)27(31)19-20-29(25,26)6;1-2/h11,14-15,25-26,30H,7-10,12-13,16-21H2,1-6H3;1-2H3/b22-11+,23-14+,24-15+;. The summed E-state index contributed by atoms with van der Waals surface area (Å²) in [6.07, 6.45) is 19.6. The van der Waals surface area contributed by atoms with Crippen LogP contribution in [0.1, 0.15) is 126 Å². The Morgan fingerprint density at radius 3 is 2.03 bits per heavy atom. The summed E-state index contributed by atoms with van der Waals surface area (Å²) >= 11 is 0. The summed E-state index contributed by atoms with van der Waals surface area (Å²) in [6, 6.07) is 0. The number of hydrogen-bond acceptors (Lipinski definition) is 2. The smallest absolute Gasteiger partial charge is 0.138 e. The normalized spacial score (nSPS) is 28.2. The maximum atomic E-state index is 12.5. The number of ketones is 1. The zero-order chi connectivity index (χ0) is 25.1. The quantitative estimate of drug-likeness (QED) is 0.332. The van der Waals surface area contributed by atoms with Crippen LogP contribution in [0.2, 0.25) is 0 Å². The predicted octanol–water partition coefficient (Wildman–Crippen LogP) is 9.00. The zero-order valence-corrected chi connectivity index (χ0v) is 23.2. The summed E-state index contributed by atoms with van der Waals surface area (Å²) in [5, 5.41) is 9.06. The van der Waals surface area contributed by atoms with Gasteiger partial charge < -0.3 is 5.11 Å². The lowest BCUT2D eigenvalue weighted by Gasteiger charge is -2.56. The van der Waals surface area contributed by atoms with Crippen LogP contribution in [0.15, 0.2) is 34.9 Å². The van der Waals surface area contributed by atoms with Gasteiger partial charge in [-0.15, -0.1) is 0 Å². The average molecular weight is 459 g/mol. The first-order chi connectivity index (χ1) is 15.6. The maximum Gasteiger partial charge on any atom is 0.138 e. The van der Waals surface area contributed by atoms with E-state index in [1.807, 2.05) is 20.8 Å². The third-order valence-electron chi connectivity index (χ3n) is 8.57. The molecule has 2 fully saturated rings. The molecule has 2 aliphatic carbocycles. The maximum absolute atomic E-state index is 12.5. The molecule has 1 N–H and O–H groups in total. The van der Waals surface area contributed by atoms with E-state index in [1.54, 1.807) is 0 Å². The first-order valence-electron chi connectivity index (χ1n) is 13.7. The lowest BCUT2D eigenvalue weighted by atomic mass is 9.47. The van der Waals surface area contributed by atoms with Crippen molar-refractivity contribution in [1.82, 2.24) is 0 Å². The molecule has 0 aliphatic heterocycles. The predicted molar refractivity (Wildman–Crippen MR) is 144 cm³/mol. The molecule has 0 bridgehead atoms. The van der Waals surface area contributed by atoms with Gasteiger partial charge >= 0.3 is 0 Å². The number of aliphatic hydroxyl groups excluding tert-OH is 1. The molecule has 0 aromatic heterocycles. The van der Waals surface area contributed by atoms with Crippen molar-refractivity contribution in [2.24, 2.45) is 22.7 Å². The Morgan fingerprint density at radius 1 is 0.909 bits per heavy atom. The lowest BCUT2D eigenvalue weighted by molar-refractivity contribution is -0.147. The molecule has 0 heterocycles. The van der Waals surface area contributed by atoms with Gasteiger partial charge in [0.05, 0.1) is 6.61 Å². The number of allylic oxidation sites excluding steroid dienone is 5. The molecule has 0 aromatic rings. The molecular formula is C31H54O2. The summed E-state index contributed by atoms with van der Waals surface area (Å²) in [6.45, 7) is 17.6. The number of carbonyl (C=O) groups is 1. The second-order valence-electron chi connectivity index (χ2n) is 11.3. The molecule has 2 nitrogen and oxygen atoms in total. The number of Topliss-reactive ketones (excluding diaryl/α,β-unsaturated/α-hetero) is 1. The van der Waals surface area contributed by atoms with Crippen LogP contribution in [0.3, 0.4) is 0 Å². The molecule has 0 spiro atoms. The Labute approximate surface area is 206 Å². The topological polar surface area (TPSA) is 37.3 Å². The van der Waals surface area contributed by atoms with E-state index in [2.05, 4.69) is 52.8 Å². The highest BCUT2D eigenvalue weighted by molar-refractivity contribution is 5.85. The fourth-order valence-corrected chi connectivity index (χ4v) is 6.34. The van der Waals surface area contributed by atoms with Crippen LogP contribution in [0.5, 0.6) is 0 Å². The summed E-state index contributed by atoms with van der Waals surface area (Å²) in [5.41, 5.74) is 4.24. The van der Waals surface area contributed by atoms with E-state index in [0.717, 1.165) is 50.0 Å².